The molecule has 0 saturated carbocycles. The first-order valence-electron chi connectivity index (χ1n) is 16.9. The number of esters is 1. The van der Waals surface area contributed by atoms with Crippen molar-refractivity contribution in [2.75, 3.05) is 6.61 Å². The van der Waals surface area contributed by atoms with Crippen molar-refractivity contribution in [3.05, 3.63) is 72.9 Å². The molecule has 40 heavy (non-hydrogen) atoms. The van der Waals surface area contributed by atoms with Gasteiger partial charge in [-0.2, -0.15) is 0 Å². The molecule has 0 radical (unpaired) electrons. The summed E-state index contributed by atoms with van der Waals surface area (Å²) in [6.45, 7) is 5.02. The molecule has 0 aromatic carbocycles. The molecule has 0 heterocycles. The van der Waals surface area contributed by atoms with Gasteiger partial charge in [0.05, 0.1) is 6.61 Å². The SMILES string of the molecule is CC/C=C\C/C=C\C/C=C\C/C=C\C/C=C\C/C=C\CCC(=O)OCCCCCCCCCCCCCCCC. The second-order valence-corrected chi connectivity index (χ2v) is 10.8. The van der Waals surface area contributed by atoms with Crippen LogP contribution in [0.4, 0.5) is 0 Å². The van der Waals surface area contributed by atoms with E-state index in [0.29, 0.717) is 13.0 Å². The molecule has 0 aliphatic rings. The van der Waals surface area contributed by atoms with Crippen LogP contribution in [0.25, 0.3) is 0 Å². The maximum Gasteiger partial charge on any atom is 0.306 e. The maximum atomic E-state index is 11.9. The van der Waals surface area contributed by atoms with E-state index in [-0.39, 0.29) is 5.97 Å². The zero-order valence-corrected chi connectivity index (χ0v) is 26.5. The number of unbranched alkanes of at least 4 members (excludes halogenated alkanes) is 13. The third-order valence-electron chi connectivity index (χ3n) is 6.87. The Labute approximate surface area is 249 Å². The Kier molecular flexibility index (Phi) is 33.1. The third-order valence-corrected chi connectivity index (χ3v) is 6.87. The molecule has 2 heteroatoms. The van der Waals surface area contributed by atoms with Gasteiger partial charge in [-0.1, -0.05) is 170 Å². The van der Waals surface area contributed by atoms with Crippen molar-refractivity contribution in [3.8, 4) is 0 Å². The van der Waals surface area contributed by atoms with Gasteiger partial charge in [0, 0.05) is 6.42 Å². The van der Waals surface area contributed by atoms with Gasteiger partial charge in [0.1, 0.15) is 0 Å². The zero-order valence-electron chi connectivity index (χ0n) is 26.5. The van der Waals surface area contributed by atoms with Crippen LogP contribution in [-0.2, 0) is 9.53 Å². The molecule has 0 fully saturated rings. The van der Waals surface area contributed by atoms with E-state index in [2.05, 4.69) is 86.8 Å². The maximum absolute atomic E-state index is 11.9. The average molecular weight is 553 g/mol. The van der Waals surface area contributed by atoms with Crippen LogP contribution in [0.15, 0.2) is 72.9 Å². The summed E-state index contributed by atoms with van der Waals surface area (Å²) in [7, 11) is 0. The van der Waals surface area contributed by atoms with Gasteiger partial charge in [-0.15, -0.1) is 0 Å². The molecule has 0 spiro atoms. The van der Waals surface area contributed by atoms with E-state index >= 15 is 0 Å². The van der Waals surface area contributed by atoms with Crippen LogP contribution < -0.4 is 0 Å². The van der Waals surface area contributed by atoms with E-state index in [4.69, 9.17) is 4.74 Å². The van der Waals surface area contributed by atoms with Crippen LogP contribution in [0, 0.1) is 0 Å². The summed E-state index contributed by atoms with van der Waals surface area (Å²) in [5.74, 6) is -0.0609. The minimum Gasteiger partial charge on any atom is -0.466 e. The minimum absolute atomic E-state index is 0.0609. The number of rotatable bonds is 29. The van der Waals surface area contributed by atoms with Crippen LogP contribution in [0.3, 0.4) is 0 Å². The second kappa shape index (κ2) is 34.9. The van der Waals surface area contributed by atoms with Gasteiger partial charge in [0.15, 0.2) is 0 Å². The van der Waals surface area contributed by atoms with Crippen LogP contribution in [0.2, 0.25) is 0 Å². The molecule has 0 aromatic rings. The van der Waals surface area contributed by atoms with Crippen LogP contribution in [0.5, 0.6) is 0 Å². The molecular formula is C38H64O2. The van der Waals surface area contributed by atoms with Gasteiger partial charge in [0.25, 0.3) is 0 Å². The Balaban J connectivity index is 3.42. The fourth-order valence-corrected chi connectivity index (χ4v) is 4.40. The fraction of sp³-hybridized carbons (Fsp3) is 0.658. The Morgan fingerprint density at radius 3 is 1.20 bits per heavy atom. The summed E-state index contributed by atoms with van der Waals surface area (Å²) in [4.78, 5) is 11.9. The molecule has 0 rings (SSSR count). The molecule has 0 atom stereocenters. The molecule has 0 unspecified atom stereocenters. The van der Waals surface area contributed by atoms with E-state index in [1.807, 2.05) is 0 Å². The predicted octanol–water partition coefficient (Wildman–Crippen LogP) is 12.5. The number of allylic oxidation sites excluding steroid dienone is 12. The highest BCUT2D eigenvalue weighted by Crippen LogP contribution is 2.13. The highest BCUT2D eigenvalue weighted by atomic mass is 16.5. The van der Waals surface area contributed by atoms with Gasteiger partial charge in [-0.05, 0) is 51.4 Å². The molecule has 0 aliphatic heterocycles. The molecule has 2 nitrogen and oxygen atoms in total. The lowest BCUT2D eigenvalue weighted by atomic mass is 10.0. The summed E-state index contributed by atoms with van der Waals surface area (Å²) in [6.07, 6.45) is 52.5. The molecule has 0 aromatic heterocycles. The van der Waals surface area contributed by atoms with Crippen LogP contribution in [0.1, 0.15) is 155 Å². The number of hydrogen-bond acceptors (Lipinski definition) is 2. The normalized spacial score (nSPS) is 12.6. The first-order valence-corrected chi connectivity index (χ1v) is 16.9. The fourth-order valence-electron chi connectivity index (χ4n) is 4.40. The second-order valence-electron chi connectivity index (χ2n) is 10.8. The standard InChI is InChI=1S/C38H64O2/c1-3-5-7-9-11-13-15-17-19-20-21-22-23-24-26-28-30-32-34-36-38(39)40-37-35-33-31-29-27-25-18-16-14-12-10-8-6-4-2/h5,7,11,13,17,19,21-22,24,26,30,32H,3-4,6,8-10,12,14-16,18,20,23,25,27-29,31,33-37H2,1-2H3/b7-5-,13-11-,19-17-,22-21-,26-24-,32-30-. The lowest BCUT2D eigenvalue weighted by molar-refractivity contribution is -0.143. The van der Waals surface area contributed by atoms with E-state index in [0.717, 1.165) is 51.4 Å². The monoisotopic (exact) mass is 552 g/mol. The van der Waals surface area contributed by atoms with E-state index in [1.54, 1.807) is 0 Å². The van der Waals surface area contributed by atoms with Gasteiger partial charge < -0.3 is 4.74 Å². The third kappa shape index (κ3) is 33.9. The number of hydrogen-bond donors (Lipinski definition) is 0. The Hall–Kier alpha value is -2.09. The van der Waals surface area contributed by atoms with Crippen molar-refractivity contribution in [2.24, 2.45) is 0 Å². The topological polar surface area (TPSA) is 26.3 Å². The Bertz CT molecular complexity index is 692. The first kappa shape index (κ1) is 37.9. The van der Waals surface area contributed by atoms with Gasteiger partial charge >= 0.3 is 5.97 Å². The highest BCUT2D eigenvalue weighted by molar-refractivity contribution is 5.69. The molecule has 0 saturated heterocycles. The molecule has 0 N–H and O–H groups in total. The number of carbonyl (C=O) groups is 1. The van der Waals surface area contributed by atoms with Gasteiger partial charge in [0.2, 0.25) is 0 Å². The highest BCUT2D eigenvalue weighted by Gasteiger charge is 2.00. The predicted molar refractivity (Wildman–Crippen MR) is 179 cm³/mol. The van der Waals surface area contributed by atoms with Crippen molar-refractivity contribution in [2.45, 2.75) is 155 Å². The van der Waals surface area contributed by atoms with Crippen molar-refractivity contribution in [1.29, 1.82) is 0 Å². The summed E-state index contributed by atoms with van der Waals surface area (Å²) >= 11 is 0. The largest absolute Gasteiger partial charge is 0.466 e. The van der Waals surface area contributed by atoms with E-state index in [9.17, 15) is 4.79 Å². The quantitative estimate of drug-likeness (QED) is 0.0524. The van der Waals surface area contributed by atoms with E-state index in [1.165, 1.54) is 83.5 Å². The lowest BCUT2D eigenvalue weighted by Gasteiger charge is -2.05. The van der Waals surface area contributed by atoms with Crippen LogP contribution in [-0.4, -0.2) is 12.6 Å². The van der Waals surface area contributed by atoms with Crippen molar-refractivity contribution in [1.82, 2.24) is 0 Å². The van der Waals surface area contributed by atoms with E-state index < -0.39 is 0 Å². The molecule has 228 valence electrons. The van der Waals surface area contributed by atoms with Gasteiger partial charge in [-0.25, -0.2) is 0 Å². The zero-order chi connectivity index (χ0) is 29.0. The number of carbonyl (C=O) groups excluding carboxylic acids is 1. The van der Waals surface area contributed by atoms with Crippen molar-refractivity contribution >= 4 is 5.97 Å². The smallest absolute Gasteiger partial charge is 0.306 e. The number of ether oxygens (including phenoxy) is 1. The van der Waals surface area contributed by atoms with Crippen LogP contribution >= 0.6 is 0 Å². The summed E-state index contributed by atoms with van der Waals surface area (Å²) in [5.41, 5.74) is 0. The summed E-state index contributed by atoms with van der Waals surface area (Å²) in [5, 5.41) is 0. The minimum atomic E-state index is -0.0609. The Morgan fingerprint density at radius 1 is 0.450 bits per heavy atom. The summed E-state index contributed by atoms with van der Waals surface area (Å²) < 4.78 is 5.38. The molecular weight excluding hydrogens is 488 g/mol. The van der Waals surface area contributed by atoms with Crippen molar-refractivity contribution in [3.63, 3.8) is 0 Å². The lowest BCUT2D eigenvalue weighted by Crippen LogP contribution is -2.05. The first-order chi connectivity index (χ1) is 19.8. The Morgan fingerprint density at radius 2 is 0.800 bits per heavy atom. The molecule has 0 amide bonds. The van der Waals surface area contributed by atoms with Gasteiger partial charge in [-0.3, -0.25) is 4.79 Å². The molecule has 0 bridgehead atoms. The average Bonchev–Trinajstić information content (AvgIpc) is 2.96. The molecule has 0 aliphatic carbocycles. The van der Waals surface area contributed by atoms with Crippen molar-refractivity contribution < 1.29 is 9.53 Å². The summed E-state index contributed by atoms with van der Waals surface area (Å²) in [6, 6.07) is 0.